The van der Waals surface area contributed by atoms with Gasteiger partial charge in [0.2, 0.25) is 11.8 Å². The first-order valence-corrected chi connectivity index (χ1v) is 10.8. The maximum atomic E-state index is 12.8. The lowest BCUT2D eigenvalue weighted by molar-refractivity contribution is -0.127. The highest BCUT2D eigenvalue weighted by atomic mass is 16.6. The molecule has 0 spiro atoms. The lowest BCUT2D eigenvalue weighted by Crippen LogP contribution is -2.52. The molecule has 2 heterocycles. The second-order valence-corrected chi connectivity index (χ2v) is 9.18. The van der Waals surface area contributed by atoms with Gasteiger partial charge in [0, 0.05) is 19.6 Å². The summed E-state index contributed by atoms with van der Waals surface area (Å²) in [6, 6.07) is -0.734. The lowest BCUT2D eigenvalue weighted by atomic mass is 9.96. The van der Waals surface area contributed by atoms with Crippen LogP contribution in [0.4, 0.5) is 4.79 Å². The maximum Gasteiger partial charge on any atom is 0.410 e. The fourth-order valence-corrected chi connectivity index (χ4v) is 4.01. The van der Waals surface area contributed by atoms with Crippen molar-refractivity contribution in [3.63, 3.8) is 0 Å². The monoisotopic (exact) mass is 420 g/mol. The Morgan fingerprint density at radius 3 is 2.53 bits per heavy atom. The number of carbonyl (C=O) groups excluding carboxylic acids is 3. The van der Waals surface area contributed by atoms with E-state index in [2.05, 4.69) is 21.5 Å². The molecule has 2 saturated heterocycles. The Balaban J connectivity index is 1.84. The fourth-order valence-electron chi connectivity index (χ4n) is 4.01. The van der Waals surface area contributed by atoms with Crippen LogP contribution in [-0.4, -0.2) is 78.1 Å². The number of ether oxygens (including phenoxy) is 1. The molecule has 168 valence electrons. The Morgan fingerprint density at radius 1 is 1.17 bits per heavy atom. The summed E-state index contributed by atoms with van der Waals surface area (Å²) >= 11 is 0. The summed E-state index contributed by atoms with van der Waals surface area (Å²) in [6.07, 6.45) is 8.18. The number of hydrogen-bond acceptors (Lipinski definition) is 5. The van der Waals surface area contributed by atoms with Gasteiger partial charge in [0.1, 0.15) is 11.6 Å². The highest BCUT2D eigenvalue weighted by molar-refractivity contribution is 5.86. The molecule has 2 aliphatic rings. The number of nitrogens with zero attached hydrogens (tertiary/aromatic N) is 2. The van der Waals surface area contributed by atoms with Crippen LogP contribution in [0, 0.1) is 18.3 Å². The van der Waals surface area contributed by atoms with Crippen LogP contribution in [0.3, 0.4) is 0 Å². The zero-order valence-corrected chi connectivity index (χ0v) is 18.7. The number of carbonyl (C=O) groups is 3. The zero-order valence-electron chi connectivity index (χ0n) is 18.7. The van der Waals surface area contributed by atoms with E-state index in [4.69, 9.17) is 11.2 Å². The van der Waals surface area contributed by atoms with Crippen LogP contribution >= 0.6 is 0 Å². The number of amides is 3. The Bertz CT molecular complexity index is 667. The predicted octanol–water partition coefficient (Wildman–Crippen LogP) is 1.35. The first-order valence-electron chi connectivity index (χ1n) is 10.8. The number of nitrogens with one attached hydrogen (secondary N) is 2. The minimum absolute atomic E-state index is 0.0726. The summed E-state index contributed by atoms with van der Waals surface area (Å²) in [5.74, 6) is 2.48. The average molecular weight is 421 g/mol. The quantitative estimate of drug-likeness (QED) is 0.633. The lowest BCUT2D eigenvalue weighted by Gasteiger charge is -2.36. The second kappa shape index (κ2) is 10.7. The number of terminal acetylenes is 1. The summed E-state index contributed by atoms with van der Waals surface area (Å²) in [4.78, 5) is 41.0. The maximum absolute atomic E-state index is 12.8. The molecule has 2 N–H and O–H groups in total. The molecule has 30 heavy (non-hydrogen) atoms. The molecule has 0 radical (unpaired) electrons. The van der Waals surface area contributed by atoms with E-state index in [0.717, 1.165) is 32.4 Å². The van der Waals surface area contributed by atoms with Gasteiger partial charge >= 0.3 is 6.09 Å². The molecule has 3 amide bonds. The minimum atomic E-state index is -0.588. The Labute approximate surface area is 180 Å². The molecular formula is C22H36N4O4. The van der Waals surface area contributed by atoms with E-state index in [1.165, 1.54) is 4.90 Å². The van der Waals surface area contributed by atoms with Crippen LogP contribution in [0.15, 0.2) is 0 Å². The SMILES string of the molecule is C#CCNC(=O)[C@H](C)N1CCC[C@@H](CNC(=O)[C@@H]2CCCN2C(=O)OC(C)(C)C)C1. The van der Waals surface area contributed by atoms with Crippen LogP contribution in [0.2, 0.25) is 0 Å². The van der Waals surface area contributed by atoms with Gasteiger partial charge in [-0.2, -0.15) is 0 Å². The zero-order chi connectivity index (χ0) is 22.3. The number of rotatable bonds is 6. The number of likely N-dealkylation sites (tertiary alicyclic amines) is 2. The van der Waals surface area contributed by atoms with Crippen molar-refractivity contribution in [3.8, 4) is 12.3 Å². The van der Waals surface area contributed by atoms with Gasteiger partial charge in [-0.3, -0.25) is 19.4 Å². The molecule has 0 saturated carbocycles. The van der Waals surface area contributed by atoms with Crippen LogP contribution in [0.25, 0.3) is 0 Å². The van der Waals surface area contributed by atoms with Gasteiger partial charge in [-0.05, 0) is 65.8 Å². The Kier molecular flexibility index (Phi) is 8.54. The van der Waals surface area contributed by atoms with Crippen molar-refractivity contribution in [2.75, 3.05) is 32.7 Å². The molecule has 8 nitrogen and oxygen atoms in total. The normalized spacial score (nSPS) is 23.4. The van der Waals surface area contributed by atoms with Crippen molar-refractivity contribution in [2.45, 2.75) is 71.1 Å². The molecule has 2 aliphatic heterocycles. The molecular weight excluding hydrogens is 384 g/mol. The van der Waals surface area contributed by atoms with Crippen LogP contribution in [0.1, 0.15) is 53.4 Å². The fraction of sp³-hybridized carbons (Fsp3) is 0.773. The van der Waals surface area contributed by atoms with Gasteiger partial charge in [-0.15, -0.1) is 6.42 Å². The first-order chi connectivity index (χ1) is 14.1. The van der Waals surface area contributed by atoms with Crippen molar-refractivity contribution in [1.29, 1.82) is 0 Å². The van der Waals surface area contributed by atoms with Crippen molar-refractivity contribution in [3.05, 3.63) is 0 Å². The Morgan fingerprint density at radius 2 is 1.87 bits per heavy atom. The van der Waals surface area contributed by atoms with E-state index < -0.39 is 17.7 Å². The molecule has 0 unspecified atom stereocenters. The third-order valence-electron chi connectivity index (χ3n) is 5.59. The minimum Gasteiger partial charge on any atom is -0.444 e. The van der Waals surface area contributed by atoms with Gasteiger partial charge in [-0.1, -0.05) is 5.92 Å². The van der Waals surface area contributed by atoms with Gasteiger partial charge in [0.05, 0.1) is 12.6 Å². The molecule has 0 bridgehead atoms. The van der Waals surface area contributed by atoms with Gasteiger partial charge in [0.25, 0.3) is 0 Å². The van der Waals surface area contributed by atoms with Crippen molar-refractivity contribution < 1.29 is 19.1 Å². The van der Waals surface area contributed by atoms with Gasteiger partial charge < -0.3 is 15.4 Å². The topological polar surface area (TPSA) is 91.0 Å². The smallest absolute Gasteiger partial charge is 0.410 e. The summed E-state index contributed by atoms with van der Waals surface area (Å²) in [6.45, 7) is 10.2. The van der Waals surface area contributed by atoms with Crippen molar-refractivity contribution >= 4 is 17.9 Å². The van der Waals surface area contributed by atoms with E-state index in [1.807, 2.05) is 27.7 Å². The van der Waals surface area contributed by atoms with E-state index in [0.29, 0.717) is 19.5 Å². The second-order valence-electron chi connectivity index (χ2n) is 9.18. The third-order valence-corrected chi connectivity index (χ3v) is 5.59. The first kappa shape index (κ1) is 24.0. The summed E-state index contributed by atoms with van der Waals surface area (Å²) in [5.41, 5.74) is -0.588. The highest BCUT2D eigenvalue weighted by Gasteiger charge is 2.37. The average Bonchev–Trinajstić information content (AvgIpc) is 3.19. The largest absolute Gasteiger partial charge is 0.444 e. The molecule has 0 aromatic heterocycles. The Hall–Kier alpha value is -2.27. The molecule has 0 aromatic rings. The highest BCUT2D eigenvalue weighted by Crippen LogP contribution is 2.22. The van der Waals surface area contributed by atoms with Crippen LogP contribution in [0.5, 0.6) is 0 Å². The number of piperidine rings is 1. The van der Waals surface area contributed by atoms with Gasteiger partial charge in [0.15, 0.2) is 0 Å². The predicted molar refractivity (Wildman–Crippen MR) is 115 cm³/mol. The summed E-state index contributed by atoms with van der Waals surface area (Å²) in [5, 5.41) is 5.75. The summed E-state index contributed by atoms with van der Waals surface area (Å²) < 4.78 is 5.44. The molecule has 0 aliphatic carbocycles. The molecule has 2 rings (SSSR count). The standard InChI is InChI=1S/C22H36N4O4/c1-6-11-23-19(27)16(2)25-12-7-9-17(15-25)14-24-20(28)18-10-8-13-26(18)21(29)30-22(3,4)5/h1,16-18H,7-15H2,2-5H3,(H,23,27)(H,24,28)/t16-,17-,18-/m0/s1. The molecule has 3 atom stereocenters. The van der Waals surface area contributed by atoms with Crippen molar-refractivity contribution in [1.82, 2.24) is 20.4 Å². The van der Waals surface area contributed by atoms with E-state index in [-0.39, 0.29) is 30.3 Å². The van der Waals surface area contributed by atoms with E-state index in [1.54, 1.807) is 0 Å². The number of hydrogen-bond donors (Lipinski definition) is 2. The van der Waals surface area contributed by atoms with Crippen molar-refractivity contribution in [2.24, 2.45) is 5.92 Å². The molecule has 2 fully saturated rings. The van der Waals surface area contributed by atoms with E-state index in [9.17, 15) is 14.4 Å². The molecule has 8 heteroatoms. The summed E-state index contributed by atoms with van der Waals surface area (Å²) in [7, 11) is 0. The van der Waals surface area contributed by atoms with Crippen LogP contribution in [-0.2, 0) is 14.3 Å². The van der Waals surface area contributed by atoms with Gasteiger partial charge in [-0.25, -0.2) is 4.79 Å². The van der Waals surface area contributed by atoms with E-state index >= 15 is 0 Å². The molecule has 0 aromatic carbocycles. The van der Waals surface area contributed by atoms with Crippen LogP contribution < -0.4 is 10.6 Å². The third kappa shape index (κ3) is 6.91.